The van der Waals surface area contributed by atoms with Crippen molar-refractivity contribution in [1.82, 2.24) is 0 Å². The number of carbonyl (C=O) groups is 1. The Hall–Kier alpha value is -1.79. The number of halogens is 4. The zero-order chi connectivity index (χ0) is 13.2. The highest BCUT2D eigenvalue weighted by Gasteiger charge is 2.36. The Bertz CT molecular complexity index is 440. The zero-order valence-electron chi connectivity index (χ0n) is 8.64. The smallest absolute Gasteiger partial charge is 0.417 e. The Balaban J connectivity index is 3.42. The van der Waals surface area contributed by atoms with Gasteiger partial charge in [-0.05, 0) is 19.1 Å². The van der Waals surface area contributed by atoms with E-state index in [0.717, 1.165) is 0 Å². The zero-order valence-corrected chi connectivity index (χ0v) is 8.64. The second-order valence-electron chi connectivity index (χ2n) is 3.06. The summed E-state index contributed by atoms with van der Waals surface area (Å²) in [4.78, 5) is 10.6. The van der Waals surface area contributed by atoms with E-state index in [1.807, 2.05) is 0 Å². The van der Waals surface area contributed by atoms with Crippen LogP contribution >= 0.6 is 0 Å². The Morgan fingerprint density at radius 1 is 1.41 bits per heavy atom. The molecule has 0 saturated heterocycles. The molecule has 0 aliphatic carbocycles. The van der Waals surface area contributed by atoms with Crippen LogP contribution in [0.4, 0.5) is 17.6 Å². The fourth-order valence-electron chi connectivity index (χ4n) is 1.23. The molecule has 1 rings (SSSR count). The first kappa shape index (κ1) is 13.3. The van der Waals surface area contributed by atoms with Crippen molar-refractivity contribution in [1.29, 1.82) is 0 Å². The van der Waals surface area contributed by atoms with Gasteiger partial charge in [0.25, 0.3) is 0 Å². The Labute approximate surface area is 93.6 Å². The number of hydrogen-bond donors (Lipinski definition) is 1. The van der Waals surface area contributed by atoms with E-state index in [1.165, 1.54) is 6.92 Å². The molecule has 0 bridgehead atoms. The number of benzene rings is 1. The Morgan fingerprint density at radius 2 is 2.00 bits per heavy atom. The van der Waals surface area contributed by atoms with Crippen molar-refractivity contribution in [2.75, 3.05) is 6.61 Å². The van der Waals surface area contributed by atoms with Crippen molar-refractivity contribution < 1.29 is 32.2 Å². The fraction of sp³-hybridized carbons (Fsp3) is 0.300. The molecule has 0 aliphatic heterocycles. The highest BCUT2D eigenvalue weighted by Crippen LogP contribution is 2.35. The second-order valence-corrected chi connectivity index (χ2v) is 3.06. The van der Waals surface area contributed by atoms with Gasteiger partial charge in [-0.3, -0.25) is 0 Å². The summed E-state index contributed by atoms with van der Waals surface area (Å²) < 4.78 is 55.4. The molecule has 17 heavy (non-hydrogen) atoms. The second kappa shape index (κ2) is 4.60. The van der Waals surface area contributed by atoms with Crippen LogP contribution in [-0.4, -0.2) is 17.7 Å². The molecule has 0 atom stereocenters. The van der Waals surface area contributed by atoms with Crippen molar-refractivity contribution in [3.8, 4) is 5.75 Å². The van der Waals surface area contributed by atoms with E-state index in [-0.39, 0.29) is 6.61 Å². The van der Waals surface area contributed by atoms with Crippen molar-refractivity contribution in [2.45, 2.75) is 13.1 Å². The average Bonchev–Trinajstić information content (AvgIpc) is 2.18. The molecule has 0 heterocycles. The topological polar surface area (TPSA) is 46.5 Å². The van der Waals surface area contributed by atoms with E-state index < -0.39 is 34.8 Å². The molecule has 94 valence electrons. The van der Waals surface area contributed by atoms with Gasteiger partial charge < -0.3 is 9.84 Å². The molecule has 0 aliphatic rings. The van der Waals surface area contributed by atoms with Crippen molar-refractivity contribution in [3.05, 3.63) is 29.1 Å². The van der Waals surface area contributed by atoms with Crippen LogP contribution in [0.5, 0.6) is 5.75 Å². The monoisotopic (exact) mass is 252 g/mol. The maximum Gasteiger partial charge on any atom is 0.417 e. The van der Waals surface area contributed by atoms with Gasteiger partial charge in [-0.15, -0.1) is 0 Å². The molecular weight excluding hydrogens is 244 g/mol. The van der Waals surface area contributed by atoms with Crippen LogP contribution in [0.2, 0.25) is 0 Å². The minimum Gasteiger partial charge on any atom is -0.491 e. The number of aromatic carboxylic acids is 1. The van der Waals surface area contributed by atoms with Gasteiger partial charge in [0.05, 0.1) is 17.7 Å². The molecule has 1 aromatic carbocycles. The number of ether oxygens (including phenoxy) is 1. The number of rotatable bonds is 3. The molecule has 0 amide bonds. The van der Waals surface area contributed by atoms with Crippen LogP contribution in [0.15, 0.2) is 12.1 Å². The summed E-state index contributed by atoms with van der Waals surface area (Å²) in [6.07, 6.45) is -4.88. The van der Waals surface area contributed by atoms with Crippen molar-refractivity contribution in [3.63, 3.8) is 0 Å². The number of carboxylic acids is 1. The van der Waals surface area contributed by atoms with Crippen LogP contribution in [0.1, 0.15) is 22.8 Å². The lowest BCUT2D eigenvalue weighted by molar-refractivity contribution is -0.138. The highest BCUT2D eigenvalue weighted by atomic mass is 19.4. The van der Waals surface area contributed by atoms with Gasteiger partial charge in [0.1, 0.15) is 0 Å². The fourth-order valence-corrected chi connectivity index (χ4v) is 1.23. The van der Waals surface area contributed by atoms with Crippen LogP contribution in [-0.2, 0) is 6.18 Å². The largest absolute Gasteiger partial charge is 0.491 e. The molecule has 0 aromatic heterocycles. The summed E-state index contributed by atoms with van der Waals surface area (Å²) in [7, 11) is 0. The maximum absolute atomic E-state index is 13.2. The molecular formula is C10H8F4O3. The average molecular weight is 252 g/mol. The minimum atomic E-state index is -4.88. The third-order valence-corrected chi connectivity index (χ3v) is 1.91. The number of carboxylic acid groups (broad SMARTS) is 1. The molecule has 0 unspecified atom stereocenters. The van der Waals surface area contributed by atoms with Gasteiger partial charge in [-0.2, -0.15) is 13.2 Å². The van der Waals surface area contributed by atoms with Gasteiger partial charge in [0.15, 0.2) is 11.6 Å². The van der Waals surface area contributed by atoms with E-state index in [4.69, 9.17) is 5.11 Å². The molecule has 3 nitrogen and oxygen atoms in total. The van der Waals surface area contributed by atoms with Crippen LogP contribution < -0.4 is 4.74 Å². The summed E-state index contributed by atoms with van der Waals surface area (Å²) >= 11 is 0. The summed E-state index contributed by atoms with van der Waals surface area (Å²) in [6.45, 7) is 1.44. The SMILES string of the molecule is CCOc1cc(C(F)(F)F)c(C(=O)O)cc1F. The van der Waals surface area contributed by atoms with E-state index in [0.29, 0.717) is 12.1 Å². The standard InChI is InChI=1S/C10H8F4O3/c1-2-17-8-4-6(10(12,13)14)5(9(15)16)3-7(8)11/h3-4H,2H2,1H3,(H,15,16). The summed E-state index contributed by atoms with van der Waals surface area (Å²) in [5.74, 6) is -3.61. The Morgan fingerprint density at radius 3 is 2.41 bits per heavy atom. The molecule has 0 fully saturated rings. The van der Waals surface area contributed by atoms with Crippen LogP contribution in [0.3, 0.4) is 0 Å². The van der Waals surface area contributed by atoms with Gasteiger partial charge in [-0.25, -0.2) is 9.18 Å². The first-order valence-electron chi connectivity index (χ1n) is 4.54. The van der Waals surface area contributed by atoms with E-state index in [2.05, 4.69) is 4.74 Å². The third-order valence-electron chi connectivity index (χ3n) is 1.91. The van der Waals surface area contributed by atoms with E-state index in [9.17, 15) is 22.4 Å². The molecule has 1 aromatic rings. The Kier molecular flexibility index (Phi) is 3.59. The lowest BCUT2D eigenvalue weighted by Crippen LogP contribution is -2.14. The van der Waals surface area contributed by atoms with Crippen molar-refractivity contribution in [2.24, 2.45) is 0 Å². The predicted molar refractivity (Wildman–Crippen MR) is 49.5 cm³/mol. The summed E-state index contributed by atoms with van der Waals surface area (Å²) in [5.41, 5.74) is -2.58. The molecule has 0 saturated carbocycles. The predicted octanol–water partition coefficient (Wildman–Crippen LogP) is 2.94. The third kappa shape index (κ3) is 2.86. The van der Waals surface area contributed by atoms with Gasteiger partial charge in [0.2, 0.25) is 0 Å². The molecule has 7 heteroatoms. The quantitative estimate of drug-likeness (QED) is 0.841. The molecule has 0 radical (unpaired) electrons. The van der Waals surface area contributed by atoms with Gasteiger partial charge in [-0.1, -0.05) is 0 Å². The van der Waals surface area contributed by atoms with Gasteiger partial charge in [0, 0.05) is 0 Å². The molecule has 0 spiro atoms. The number of alkyl halides is 3. The minimum absolute atomic E-state index is 0.0271. The van der Waals surface area contributed by atoms with E-state index in [1.54, 1.807) is 0 Å². The molecule has 1 N–H and O–H groups in total. The lowest BCUT2D eigenvalue weighted by atomic mass is 10.1. The van der Waals surface area contributed by atoms with E-state index >= 15 is 0 Å². The van der Waals surface area contributed by atoms with Crippen LogP contribution in [0.25, 0.3) is 0 Å². The lowest BCUT2D eigenvalue weighted by Gasteiger charge is -2.13. The van der Waals surface area contributed by atoms with Gasteiger partial charge >= 0.3 is 12.1 Å². The van der Waals surface area contributed by atoms with Crippen molar-refractivity contribution >= 4 is 5.97 Å². The first-order chi connectivity index (χ1) is 7.77. The normalized spacial score (nSPS) is 11.4. The maximum atomic E-state index is 13.2. The highest BCUT2D eigenvalue weighted by molar-refractivity contribution is 5.90. The first-order valence-corrected chi connectivity index (χ1v) is 4.54. The van der Waals surface area contributed by atoms with Crippen LogP contribution in [0, 0.1) is 5.82 Å². The number of hydrogen-bond acceptors (Lipinski definition) is 2. The summed E-state index contributed by atoms with van der Waals surface area (Å²) in [5, 5.41) is 8.57. The summed E-state index contributed by atoms with van der Waals surface area (Å²) in [6, 6.07) is 0.651.